The van der Waals surface area contributed by atoms with Crippen LogP contribution < -0.4 is 10.2 Å². The lowest BCUT2D eigenvalue weighted by atomic mass is 10.0. The zero-order valence-electron chi connectivity index (χ0n) is 17.9. The molecule has 1 N–H and O–H groups in total. The number of imidazole rings is 1. The van der Waals surface area contributed by atoms with Crippen molar-refractivity contribution in [1.29, 1.82) is 0 Å². The Morgan fingerprint density at radius 1 is 1.23 bits per heavy atom. The highest BCUT2D eigenvalue weighted by Crippen LogP contribution is 2.23. The number of pyridine rings is 1. The maximum absolute atomic E-state index is 12.9. The number of amides is 1. The number of rotatable bonds is 6. The summed E-state index contributed by atoms with van der Waals surface area (Å²) in [6, 6.07) is 9.70. The molecule has 0 aliphatic carbocycles. The summed E-state index contributed by atoms with van der Waals surface area (Å²) in [4.78, 5) is 27.7. The van der Waals surface area contributed by atoms with Gasteiger partial charge in [-0.3, -0.25) is 4.79 Å². The number of carbonyl (C=O) groups is 1. The van der Waals surface area contributed by atoms with Gasteiger partial charge in [0.25, 0.3) is 5.91 Å². The number of nitrogens with zero attached hydrogens (tertiary/aromatic N) is 5. The van der Waals surface area contributed by atoms with Crippen LogP contribution in [-0.4, -0.2) is 40.2 Å². The van der Waals surface area contributed by atoms with Crippen LogP contribution in [0.2, 0.25) is 0 Å². The molecule has 1 aliphatic heterocycles. The fourth-order valence-electron chi connectivity index (χ4n) is 3.73. The standard InChI is InChI=1S/C24H26N6O/c1-17-6-7-18(21-15-26-16-29(21)3)12-20(17)13-22(25-2)28-24(31)19-8-9-27-23(14-19)30-10-4-5-11-30/h6-9,12-16H,2,4-5,10-11H2,1,3H3,(H,28,31)/b22-13+. The number of benzene rings is 1. The van der Waals surface area contributed by atoms with Crippen molar-refractivity contribution in [2.45, 2.75) is 19.8 Å². The second-order valence-electron chi connectivity index (χ2n) is 7.70. The molecule has 3 aromatic rings. The molecule has 31 heavy (non-hydrogen) atoms. The lowest BCUT2D eigenvalue weighted by Crippen LogP contribution is -2.23. The van der Waals surface area contributed by atoms with Crippen molar-refractivity contribution >= 4 is 24.5 Å². The molecular weight excluding hydrogens is 388 g/mol. The van der Waals surface area contributed by atoms with Crippen LogP contribution in [0.25, 0.3) is 17.3 Å². The van der Waals surface area contributed by atoms with Crippen LogP contribution in [0.4, 0.5) is 5.82 Å². The Morgan fingerprint density at radius 2 is 2.03 bits per heavy atom. The number of aromatic nitrogens is 3. The first-order chi connectivity index (χ1) is 15.0. The van der Waals surface area contributed by atoms with Gasteiger partial charge in [0.1, 0.15) is 11.6 Å². The molecule has 0 radical (unpaired) electrons. The fourth-order valence-corrected chi connectivity index (χ4v) is 3.73. The minimum atomic E-state index is -0.234. The molecule has 7 heteroatoms. The van der Waals surface area contributed by atoms with Gasteiger partial charge in [0, 0.05) is 37.5 Å². The molecule has 2 aromatic heterocycles. The van der Waals surface area contributed by atoms with E-state index in [0.29, 0.717) is 11.4 Å². The summed E-state index contributed by atoms with van der Waals surface area (Å²) >= 11 is 0. The number of aliphatic imine (C=N–C) groups is 1. The highest BCUT2D eigenvalue weighted by molar-refractivity contribution is 5.96. The normalized spacial score (nSPS) is 14.0. The lowest BCUT2D eigenvalue weighted by Gasteiger charge is -2.16. The van der Waals surface area contributed by atoms with Crippen LogP contribution in [0.15, 0.2) is 59.9 Å². The molecule has 0 spiro atoms. The first-order valence-electron chi connectivity index (χ1n) is 10.3. The average Bonchev–Trinajstić information content (AvgIpc) is 3.47. The topological polar surface area (TPSA) is 75.4 Å². The summed E-state index contributed by atoms with van der Waals surface area (Å²) in [5, 5.41) is 2.87. The second kappa shape index (κ2) is 8.95. The molecule has 7 nitrogen and oxygen atoms in total. The molecule has 1 aromatic carbocycles. The van der Waals surface area contributed by atoms with Crippen LogP contribution in [0.1, 0.15) is 34.3 Å². The Morgan fingerprint density at radius 3 is 2.74 bits per heavy atom. The summed E-state index contributed by atoms with van der Waals surface area (Å²) in [7, 11) is 1.96. The van der Waals surface area contributed by atoms with Crippen molar-refractivity contribution in [3.05, 3.63) is 71.6 Å². The van der Waals surface area contributed by atoms with Crippen molar-refractivity contribution in [3.63, 3.8) is 0 Å². The number of hydrogen-bond acceptors (Lipinski definition) is 5. The molecular formula is C24H26N6O. The number of anilines is 1. The molecule has 0 bridgehead atoms. The molecule has 4 rings (SSSR count). The number of hydrogen-bond donors (Lipinski definition) is 1. The van der Waals surface area contributed by atoms with Crippen molar-refractivity contribution in [2.75, 3.05) is 18.0 Å². The van der Waals surface area contributed by atoms with E-state index in [2.05, 4.69) is 44.0 Å². The summed E-state index contributed by atoms with van der Waals surface area (Å²) in [5.41, 5.74) is 4.62. The highest BCUT2D eigenvalue weighted by Gasteiger charge is 2.16. The van der Waals surface area contributed by atoms with Gasteiger partial charge in [-0.15, -0.1) is 0 Å². The maximum Gasteiger partial charge on any atom is 0.257 e. The minimum Gasteiger partial charge on any atom is -0.357 e. The van der Waals surface area contributed by atoms with Gasteiger partial charge in [-0.25, -0.2) is 15.0 Å². The van der Waals surface area contributed by atoms with Crippen LogP contribution in [0.3, 0.4) is 0 Å². The molecule has 1 aliphatic rings. The van der Waals surface area contributed by atoms with Crippen LogP contribution in [-0.2, 0) is 7.05 Å². The molecule has 158 valence electrons. The molecule has 0 atom stereocenters. The molecule has 3 heterocycles. The van der Waals surface area contributed by atoms with Crippen LogP contribution in [0, 0.1) is 6.92 Å². The molecule has 1 saturated heterocycles. The van der Waals surface area contributed by atoms with Crippen LogP contribution in [0.5, 0.6) is 0 Å². The van der Waals surface area contributed by atoms with E-state index in [1.807, 2.05) is 42.9 Å². The Labute approximate surface area is 182 Å². The number of nitrogens with one attached hydrogen (secondary N) is 1. The van der Waals surface area contributed by atoms with Crippen molar-refractivity contribution in [3.8, 4) is 11.3 Å². The van der Waals surface area contributed by atoms with Gasteiger partial charge in [0.15, 0.2) is 0 Å². The van der Waals surface area contributed by atoms with Gasteiger partial charge in [-0.2, -0.15) is 0 Å². The van der Waals surface area contributed by atoms with Crippen molar-refractivity contribution in [2.24, 2.45) is 12.0 Å². The first-order valence-corrected chi connectivity index (χ1v) is 10.3. The third kappa shape index (κ3) is 4.55. The van der Waals surface area contributed by atoms with Gasteiger partial charge in [0.2, 0.25) is 0 Å². The summed E-state index contributed by atoms with van der Waals surface area (Å²) in [6.45, 7) is 7.61. The lowest BCUT2D eigenvalue weighted by molar-refractivity contribution is 0.0966. The number of aryl methyl sites for hydroxylation is 2. The smallest absolute Gasteiger partial charge is 0.257 e. The van der Waals surface area contributed by atoms with Gasteiger partial charge in [-0.05, 0) is 61.9 Å². The van der Waals surface area contributed by atoms with Crippen molar-refractivity contribution in [1.82, 2.24) is 19.9 Å². The molecule has 0 saturated carbocycles. The SMILES string of the molecule is C=N/C(=C\c1cc(-c2cncn2C)ccc1C)NC(=O)c1ccnc(N2CCCC2)c1. The van der Waals surface area contributed by atoms with Crippen LogP contribution >= 0.6 is 0 Å². The fraction of sp³-hybridized carbons (Fsp3) is 0.250. The van der Waals surface area contributed by atoms with E-state index in [9.17, 15) is 4.79 Å². The monoisotopic (exact) mass is 414 g/mol. The average molecular weight is 415 g/mol. The van der Waals surface area contributed by atoms with E-state index in [4.69, 9.17) is 0 Å². The Bertz CT molecular complexity index is 1140. The van der Waals surface area contributed by atoms with E-state index in [1.54, 1.807) is 18.6 Å². The summed E-state index contributed by atoms with van der Waals surface area (Å²) < 4.78 is 1.97. The molecule has 1 amide bonds. The Balaban J connectivity index is 1.57. The predicted octanol–water partition coefficient (Wildman–Crippen LogP) is 3.82. The highest BCUT2D eigenvalue weighted by atomic mass is 16.1. The maximum atomic E-state index is 12.9. The van der Waals surface area contributed by atoms with Crippen molar-refractivity contribution < 1.29 is 4.79 Å². The van der Waals surface area contributed by atoms with Gasteiger partial charge in [-0.1, -0.05) is 12.1 Å². The first kappa shape index (κ1) is 20.5. The van der Waals surface area contributed by atoms with Gasteiger partial charge in [0.05, 0.1) is 18.2 Å². The quantitative estimate of drug-likeness (QED) is 0.622. The zero-order chi connectivity index (χ0) is 21.8. The van der Waals surface area contributed by atoms with E-state index in [1.165, 1.54) is 0 Å². The minimum absolute atomic E-state index is 0.234. The van der Waals surface area contributed by atoms with E-state index >= 15 is 0 Å². The van der Waals surface area contributed by atoms with Gasteiger partial charge >= 0.3 is 0 Å². The Kier molecular flexibility index (Phi) is 5.93. The molecule has 0 unspecified atom stereocenters. The van der Waals surface area contributed by atoms with E-state index in [-0.39, 0.29) is 5.91 Å². The third-order valence-corrected chi connectivity index (χ3v) is 5.53. The summed E-state index contributed by atoms with van der Waals surface area (Å²) in [6.07, 6.45) is 9.42. The van der Waals surface area contributed by atoms with E-state index in [0.717, 1.165) is 54.1 Å². The van der Waals surface area contributed by atoms with Gasteiger partial charge < -0.3 is 14.8 Å². The second-order valence-corrected chi connectivity index (χ2v) is 7.70. The largest absolute Gasteiger partial charge is 0.357 e. The molecule has 1 fully saturated rings. The zero-order valence-corrected chi connectivity index (χ0v) is 17.9. The predicted molar refractivity (Wildman–Crippen MR) is 124 cm³/mol. The Hall–Kier alpha value is -3.74. The number of carbonyl (C=O) groups excluding carboxylic acids is 1. The summed E-state index contributed by atoms with van der Waals surface area (Å²) in [5.74, 6) is 0.999. The third-order valence-electron chi connectivity index (χ3n) is 5.53. The van der Waals surface area contributed by atoms with E-state index < -0.39 is 0 Å².